The van der Waals surface area contributed by atoms with Crippen molar-refractivity contribution in [3.63, 3.8) is 0 Å². The van der Waals surface area contributed by atoms with E-state index in [-0.39, 0.29) is 16.7 Å². The Morgan fingerprint density at radius 2 is 1.61 bits per heavy atom. The Morgan fingerprint density at radius 3 is 2.17 bits per heavy atom. The number of hydrogen-bond acceptors (Lipinski definition) is 5. The lowest BCUT2D eigenvalue weighted by molar-refractivity contribution is -0.0584. The monoisotopic (exact) mass is 311 g/mol. The molecule has 2 aromatic rings. The van der Waals surface area contributed by atoms with Gasteiger partial charge < -0.3 is 9.57 Å². The van der Waals surface area contributed by atoms with E-state index in [1.807, 2.05) is 6.92 Å². The molecule has 0 atom stereocenters. The molecule has 1 heterocycles. The largest absolute Gasteiger partial charge is 0.496 e. The predicted octanol–water partition coefficient (Wildman–Crippen LogP) is 2.37. The predicted molar refractivity (Wildman–Crippen MR) is 80.1 cm³/mol. The first-order chi connectivity index (χ1) is 11.0. The van der Waals surface area contributed by atoms with Crippen molar-refractivity contribution in [3.8, 4) is 5.75 Å². The van der Waals surface area contributed by atoms with E-state index in [4.69, 9.17) is 9.57 Å². The maximum Gasteiger partial charge on any atom is 0.364 e. The van der Waals surface area contributed by atoms with E-state index in [1.165, 1.54) is 25.3 Å². The van der Waals surface area contributed by atoms with Crippen LogP contribution in [0.3, 0.4) is 0 Å². The van der Waals surface area contributed by atoms with E-state index in [9.17, 15) is 14.4 Å². The van der Waals surface area contributed by atoms with Gasteiger partial charge in [0.05, 0.1) is 23.8 Å². The highest BCUT2D eigenvalue weighted by Crippen LogP contribution is 2.24. The van der Waals surface area contributed by atoms with Crippen LogP contribution >= 0.6 is 0 Å². The zero-order chi connectivity index (χ0) is 16.6. The molecule has 23 heavy (non-hydrogen) atoms. The molecule has 2 amide bonds. The number of nitrogens with zero attached hydrogens (tertiary/aromatic N) is 1. The summed E-state index contributed by atoms with van der Waals surface area (Å²) in [7, 11) is 1.49. The number of rotatable bonds is 3. The molecule has 0 saturated heterocycles. The van der Waals surface area contributed by atoms with Crippen molar-refractivity contribution in [2.24, 2.45) is 0 Å². The average Bonchev–Trinajstić information content (AvgIpc) is 2.80. The second-order valence-corrected chi connectivity index (χ2v) is 5.01. The molecule has 3 rings (SSSR count). The van der Waals surface area contributed by atoms with Gasteiger partial charge in [-0.05, 0) is 36.8 Å². The van der Waals surface area contributed by atoms with Crippen molar-refractivity contribution in [2.75, 3.05) is 7.11 Å². The van der Waals surface area contributed by atoms with Crippen LogP contribution in [0.1, 0.15) is 36.6 Å². The quantitative estimate of drug-likeness (QED) is 0.814. The molecule has 0 unspecified atom stereocenters. The Balaban J connectivity index is 1.84. The number of hydrogen-bond donors (Lipinski definition) is 0. The second kappa shape index (κ2) is 5.57. The number of amides is 2. The Bertz CT molecular complexity index is 792. The minimum Gasteiger partial charge on any atom is -0.496 e. The Labute approximate surface area is 132 Å². The molecule has 0 aliphatic carbocycles. The number of hydroxylamine groups is 2. The molecule has 0 spiro atoms. The molecular weight excluding hydrogens is 298 g/mol. The van der Waals surface area contributed by atoms with E-state index in [0.29, 0.717) is 10.8 Å². The fourth-order valence-corrected chi connectivity index (χ4v) is 2.33. The first-order valence-corrected chi connectivity index (χ1v) is 6.87. The Morgan fingerprint density at radius 1 is 1.00 bits per heavy atom. The van der Waals surface area contributed by atoms with E-state index in [1.54, 1.807) is 24.3 Å². The Hall–Kier alpha value is -3.15. The standard InChI is InChI=1S/C17H13NO5/c1-10-7-8-11(9-14(10)22-2)17(21)23-18-15(19)12-5-3-4-6-13(12)16(18)20/h3-9H,1-2H3. The zero-order valence-electron chi connectivity index (χ0n) is 12.5. The SMILES string of the molecule is COc1cc(C(=O)ON2C(=O)c3ccccc3C2=O)ccc1C. The topological polar surface area (TPSA) is 72.9 Å². The third-order valence-corrected chi connectivity index (χ3v) is 3.57. The maximum atomic E-state index is 12.2. The summed E-state index contributed by atoms with van der Waals surface area (Å²) < 4.78 is 5.14. The summed E-state index contributed by atoms with van der Waals surface area (Å²) >= 11 is 0. The van der Waals surface area contributed by atoms with Crippen LogP contribution in [0.4, 0.5) is 0 Å². The molecule has 0 N–H and O–H groups in total. The van der Waals surface area contributed by atoms with Crippen molar-refractivity contribution >= 4 is 17.8 Å². The van der Waals surface area contributed by atoms with Crippen LogP contribution in [-0.2, 0) is 4.84 Å². The lowest BCUT2D eigenvalue weighted by atomic mass is 10.1. The van der Waals surface area contributed by atoms with Crippen LogP contribution in [0.5, 0.6) is 5.75 Å². The fourth-order valence-electron chi connectivity index (χ4n) is 2.33. The van der Waals surface area contributed by atoms with Gasteiger partial charge in [-0.15, -0.1) is 0 Å². The number of fused-ring (bicyclic) bond motifs is 1. The van der Waals surface area contributed by atoms with Crippen LogP contribution in [-0.4, -0.2) is 30.0 Å². The number of methoxy groups -OCH3 is 1. The molecule has 0 aromatic heterocycles. The minimum absolute atomic E-state index is 0.184. The first-order valence-electron chi connectivity index (χ1n) is 6.87. The van der Waals surface area contributed by atoms with Crippen LogP contribution < -0.4 is 4.74 Å². The van der Waals surface area contributed by atoms with Gasteiger partial charge in [0.2, 0.25) is 0 Å². The summed E-state index contributed by atoms with van der Waals surface area (Å²) in [4.78, 5) is 41.5. The van der Waals surface area contributed by atoms with E-state index < -0.39 is 17.8 Å². The zero-order valence-corrected chi connectivity index (χ0v) is 12.5. The van der Waals surface area contributed by atoms with E-state index in [2.05, 4.69) is 0 Å². The van der Waals surface area contributed by atoms with Gasteiger partial charge in [0.1, 0.15) is 5.75 Å². The summed E-state index contributed by atoms with van der Waals surface area (Å²) in [6.45, 7) is 1.83. The van der Waals surface area contributed by atoms with E-state index in [0.717, 1.165) is 5.56 Å². The fraction of sp³-hybridized carbons (Fsp3) is 0.118. The van der Waals surface area contributed by atoms with Crippen LogP contribution in [0.15, 0.2) is 42.5 Å². The van der Waals surface area contributed by atoms with Gasteiger partial charge in [-0.2, -0.15) is 0 Å². The van der Waals surface area contributed by atoms with Gasteiger partial charge in [-0.25, -0.2) is 4.79 Å². The molecule has 6 heteroatoms. The number of imide groups is 1. The highest BCUT2D eigenvalue weighted by Gasteiger charge is 2.38. The smallest absolute Gasteiger partial charge is 0.364 e. The first kappa shape index (κ1) is 14.8. The molecule has 6 nitrogen and oxygen atoms in total. The third-order valence-electron chi connectivity index (χ3n) is 3.57. The van der Waals surface area contributed by atoms with Gasteiger partial charge in [-0.3, -0.25) is 9.59 Å². The van der Waals surface area contributed by atoms with Gasteiger partial charge in [-0.1, -0.05) is 23.3 Å². The van der Waals surface area contributed by atoms with Crippen LogP contribution in [0.25, 0.3) is 0 Å². The molecule has 0 fully saturated rings. The van der Waals surface area contributed by atoms with Crippen LogP contribution in [0.2, 0.25) is 0 Å². The molecule has 1 aliphatic heterocycles. The number of aryl methyl sites for hydroxylation is 1. The number of carbonyl (C=O) groups excluding carboxylic acids is 3. The molecule has 0 saturated carbocycles. The molecule has 2 aromatic carbocycles. The van der Waals surface area contributed by atoms with Crippen molar-refractivity contribution in [2.45, 2.75) is 6.92 Å². The highest BCUT2D eigenvalue weighted by atomic mass is 16.7. The maximum absolute atomic E-state index is 12.2. The number of ether oxygens (including phenoxy) is 1. The van der Waals surface area contributed by atoms with Gasteiger partial charge >= 0.3 is 5.97 Å². The molecule has 1 aliphatic rings. The van der Waals surface area contributed by atoms with Gasteiger partial charge in [0.15, 0.2) is 0 Å². The summed E-state index contributed by atoms with van der Waals surface area (Å²) in [5.41, 5.74) is 1.47. The summed E-state index contributed by atoms with van der Waals surface area (Å²) in [5, 5.41) is 0.485. The second-order valence-electron chi connectivity index (χ2n) is 5.01. The van der Waals surface area contributed by atoms with Crippen LogP contribution in [0, 0.1) is 6.92 Å². The molecule has 0 radical (unpaired) electrons. The summed E-state index contributed by atoms with van der Waals surface area (Å²) in [6.07, 6.45) is 0. The normalized spacial score (nSPS) is 13.0. The Kier molecular flexibility index (Phi) is 3.57. The van der Waals surface area contributed by atoms with Crippen molar-refractivity contribution in [1.82, 2.24) is 5.06 Å². The lowest BCUT2D eigenvalue weighted by Gasteiger charge is -2.13. The number of benzene rings is 2. The van der Waals surface area contributed by atoms with Crippen molar-refractivity contribution in [1.29, 1.82) is 0 Å². The van der Waals surface area contributed by atoms with Gasteiger partial charge in [0.25, 0.3) is 11.8 Å². The average molecular weight is 311 g/mol. The molecular formula is C17H13NO5. The summed E-state index contributed by atoms with van der Waals surface area (Å²) in [5.74, 6) is -1.60. The molecule has 116 valence electrons. The van der Waals surface area contributed by atoms with Crippen molar-refractivity contribution in [3.05, 3.63) is 64.7 Å². The highest BCUT2D eigenvalue weighted by molar-refractivity contribution is 6.21. The lowest BCUT2D eigenvalue weighted by Crippen LogP contribution is -2.32. The molecule has 0 bridgehead atoms. The van der Waals surface area contributed by atoms with Gasteiger partial charge in [0, 0.05) is 0 Å². The number of carbonyl (C=O) groups is 3. The summed E-state index contributed by atoms with van der Waals surface area (Å²) in [6, 6.07) is 11.0. The minimum atomic E-state index is -0.808. The van der Waals surface area contributed by atoms with Crippen molar-refractivity contribution < 1.29 is 24.0 Å². The van der Waals surface area contributed by atoms with E-state index >= 15 is 0 Å². The third kappa shape index (κ3) is 2.44.